The van der Waals surface area contributed by atoms with Gasteiger partial charge in [-0.1, -0.05) is 12.1 Å². The van der Waals surface area contributed by atoms with Gasteiger partial charge >= 0.3 is 5.97 Å². The lowest BCUT2D eigenvalue weighted by Crippen LogP contribution is -2.26. The van der Waals surface area contributed by atoms with Crippen LogP contribution in [0.1, 0.15) is 25.8 Å². The Hall–Kier alpha value is -2.04. The van der Waals surface area contributed by atoms with Crippen LogP contribution in [0.15, 0.2) is 24.3 Å². The molecule has 0 aliphatic carbocycles. The van der Waals surface area contributed by atoms with Crippen molar-refractivity contribution in [3.8, 4) is 0 Å². The Balaban J connectivity index is 2.01. The van der Waals surface area contributed by atoms with Gasteiger partial charge in [-0.25, -0.2) is 0 Å². The number of rotatable bonds is 6. The molecule has 1 heterocycles. The largest absolute Gasteiger partial charge is 0.481 e. The molecular formula is C16H22N2O3. The van der Waals surface area contributed by atoms with E-state index < -0.39 is 11.9 Å². The van der Waals surface area contributed by atoms with Crippen LogP contribution in [-0.2, 0) is 16.1 Å². The van der Waals surface area contributed by atoms with Crippen molar-refractivity contribution in [1.29, 1.82) is 0 Å². The molecule has 1 aromatic carbocycles. The molecule has 1 aromatic rings. The highest BCUT2D eigenvalue weighted by Gasteiger charge is 2.33. The summed E-state index contributed by atoms with van der Waals surface area (Å²) < 4.78 is 0. The third-order valence-electron chi connectivity index (χ3n) is 4.00. The first-order valence-corrected chi connectivity index (χ1v) is 7.39. The number of benzene rings is 1. The number of carbonyl (C=O) groups is 2. The first kappa shape index (κ1) is 15.4. The van der Waals surface area contributed by atoms with E-state index in [1.54, 1.807) is 4.90 Å². The van der Waals surface area contributed by atoms with Crippen molar-refractivity contribution in [1.82, 2.24) is 4.90 Å². The fourth-order valence-corrected chi connectivity index (χ4v) is 2.71. The summed E-state index contributed by atoms with van der Waals surface area (Å²) in [6.45, 7) is 6.95. The number of carboxylic acids is 1. The molecule has 2 rings (SSSR count). The number of hydrogen-bond donors (Lipinski definition) is 1. The van der Waals surface area contributed by atoms with Gasteiger partial charge in [0.15, 0.2) is 0 Å². The third-order valence-corrected chi connectivity index (χ3v) is 4.00. The molecule has 0 radical (unpaired) electrons. The van der Waals surface area contributed by atoms with E-state index in [9.17, 15) is 9.59 Å². The number of carbonyl (C=O) groups excluding carboxylic acids is 1. The lowest BCUT2D eigenvalue weighted by atomic mass is 10.1. The number of hydrogen-bond acceptors (Lipinski definition) is 3. The minimum Gasteiger partial charge on any atom is -0.481 e. The van der Waals surface area contributed by atoms with Crippen LogP contribution in [-0.4, -0.2) is 41.5 Å². The molecule has 5 heteroatoms. The topological polar surface area (TPSA) is 60.9 Å². The van der Waals surface area contributed by atoms with Gasteiger partial charge in [-0.05, 0) is 31.5 Å². The average molecular weight is 290 g/mol. The van der Waals surface area contributed by atoms with E-state index in [-0.39, 0.29) is 12.3 Å². The van der Waals surface area contributed by atoms with Crippen LogP contribution in [0.2, 0.25) is 0 Å². The molecule has 1 fully saturated rings. The SMILES string of the molecule is CCN(CC)c1ccc(CN2C[C@@H](C(=O)O)CC2=O)cc1. The van der Waals surface area contributed by atoms with Crippen molar-refractivity contribution in [3.63, 3.8) is 0 Å². The first-order valence-electron chi connectivity index (χ1n) is 7.39. The van der Waals surface area contributed by atoms with Gasteiger partial charge in [-0.2, -0.15) is 0 Å². The van der Waals surface area contributed by atoms with Crippen molar-refractivity contribution < 1.29 is 14.7 Å². The van der Waals surface area contributed by atoms with E-state index in [0.717, 1.165) is 18.7 Å². The third kappa shape index (κ3) is 3.54. The van der Waals surface area contributed by atoms with Gasteiger partial charge in [0.2, 0.25) is 5.91 Å². The first-order chi connectivity index (χ1) is 10.0. The maximum absolute atomic E-state index is 11.8. The number of aliphatic carboxylic acids is 1. The van der Waals surface area contributed by atoms with Gasteiger partial charge < -0.3 is 14.9 Å². The second kappa shape index (κ2) is 6.61. The monoisotopic (exact) mass is 290 g/mol. The number of anilines is 1. The number of likely N-dealkylation sites (tertiary alicyclic amines) is 1. The molecule has 21 heavy (non-hydrogen) atoms. The molecule has 1 saturated heterocycles. The Bertz CT molecular complexity index is 509. The molecule has 1 amide bonds. The Morgan fingerprint density at radius 1 is 1.29 bits per heavy atom. The highest BCUT2D eigenvalue weighted by molar-refractivity contribution is 5.86. The number of nitrogens with zero attached hydrogens (tertiary/aromatic N) is 2. The Labute approximate surface area is 125 Å². The predicted molar refractivity (Wildman–Crippen MR) is 81.2 cm³/mol. The van der Waals surface area contributed by atoms with Crippen molar-refractivity contribution in [2.75, 3.05) is 24.5 Å². The predicted octanol–water partition coefficient (Wildman–Crippen LogP) is 1.97. The van der Waals surface area contributed by atoms with Crippen LogP contribution >= 0.6 is 0 Å². The van der Waals surface area contributed by atoms with Gasteiger partial charge in [0.05, 0.1) is 5.92 Å². The van der Waals surface area contributed by atoms with Crippen molar-refractivity contribution in [2.24, 2.45) is 5.92 Å². The van der Waals surface area contributed by atoms with Gasteiger partial charge in [-0.3, -0.25) is 9.59 Å². The molecule has 1 aliphatic rings. The lowest BCUT2D eigenvalue weighted by Gasteiger charge is -2.22. The van der Waals surface area contributed by atoms with Crippen molar-refractivity contribution >= 4 is 17.6 Å². The van der Waals surface area contributed by atoms with E-state index in [1.807, 2.05) is 12.1 Å². The van der Waals surface area contributed by atoms with Gasteiger partial charge in [0, 0.05) is 38.3 Å². The standard InChI is InChI=1S/C16H22N2O3/c1-3-17(4-2)14-7-5-12(6-8-14)10-18-11-13(16(20)21)9-15(18)19/h5-8,13H,3-4,9-11H2,1-2H3,(H,20,21)/t13-/m0/s1. The summed E-state index contributed by atoms with van der Waals surface area (Å²) in [7, 11) is 0. The second-order valence-electron chi connectivity index (χ2n) is 5.35. The summed E-state index contributed by atoms with van der Waals surface area (Å²) in [5.41, 5.74) is 2.20. The summed E-state index contributed by atoms with van der Waals surface area (Å²) in [6.07, 6.45) is 0.118. The molecular weight excluding hydrogens is 268 g/mol. The van der Waals surface area contributed by atoms with Gasteiger partial charge in [-0.15, -0.1) is 0 Å². The molecule has 0 aromatic heterocycles. The summed E-state index contributed by atoms with van der Waals surface area (Å²) in [6, 6.07) is 8.12. The quantitative estimate of drug-likeness (QED) is 0.870. The van der Waals surface area contributed by atoms with Gasteiger partial charge in [0.1, 0.15) is 0 Å². The molecule has 1 N–H and O–H groups in total. The normalized spacial score (nSPS) is 18.1. The van der Waals surface area contributed by atoms with E-state index in [1.165, 1.54) is 5.69 Å². The van der Waals surface area contributed by atoms with E-state index >= 15 is 0 Å². The smallest absolute Gasteiger partial charge is 0.308 e. The van der Waals surface area contributed by atoms with Crippen LogP contribution in [0, 0.1) is 5.92 Å². The molecule has 114 valence electrons. The van der Waals surface area contributed by atoms with Crippen LogP contribution in [0.5, 0.6) is 0 Å². The fourth-order valence-electron chi connectivity index (χ4n) is 2.71. The van der Waals surface area contributed by atoms with Crippen molar-refractivity contribution in [3.05, 3.63) is 29.8 Å². The minimum absolute atomic E-state index is 0.0739. The fraction of sp³-hybridized carbons (Fsp3) is 0.500. The maximum atomic E-state index is 11.8. The lowest BCUT2D eigenvalue weighted by molar-refractivity contribution is -0.141. The van der Waals surface area contributed by atoms with Gasteiger partial charge in [0.25, 0.3) is 0 Å². The van der Waals surface area contributed by atoms with E-state index in [4.69, 9.17) is 5.11 Å². The number of carboxylic acid groups (broad SMARTS) is 1. The summed E-state index contributed by atoms with van der Waals surface area (Å²) in [5, 5.41) is 8.98. The summed E-state index contributed by atoms with van der Waals surface area (Å²) in [5.74, 6) is -1.52. The van der Waals surface area contributed by atoms with Crippen LogP contribution in [0.4, 0.5) is 5.69 Å². The maximum Gasteiger partial charge on any atom is 0.308 e. The van der Waals surface area contributed by atoms with E-state index in [0.29, 0.717) is 13.1 Å². The Morgan fingerprint density at radius 3 is 2.38 bits per heavy atom. The Kier molecular flexibility index (Phi) is 4.83. The highest BCUT2D eigenvalue weighted by atomic mass is 16.4. The zero-order valence-electron chi connectivity index (χ0n) is 12.6. The molecule has 1 atom stereocenters. The Morgan fingerprint density at radius 2 is 1.90 bits per heavy atom. The molecule has 0 bridgehead atoms. The summed E-state index contributed by atoms with van der Waals surface area (Å²) in [4.78, 5) is 26.6. The zero-order valence-corrected chi connectivity index (χ0v) is 12.6. The molecule has 5 nitrogen and oxygen atoms in total. The molecule has 0 unspecified atom stereocenters. The molecule has 0 spiro atoms. The zero-order chi connectivity index (χ0) is 15.4. The van der Waals surface area contributed by atoms with Crippen molar-refractivity contribution in [2.45, 2.75) is 26.8 Å². The molecule has 0 saturated carbocycles. The average Bonchev–Trinajstić information content (AvgIpc) is 2.84. The highest BCUT2D eigenvalue weighted by Crippen LogP contribution is 2.21. The van der Waals surface area contributed by atoms with Crippen LogP contribution in [0.25, 0.3) is 0 Å². The minimum atomic E-state index is -0.886. The molecule has 1 aliphatic heterocycles. The van der Waals surface area contributed by atoms with Crippen LogP contribution in [0.3, 0.4) is 0 Å². The van der Waals surface area contributed by atoms with E-state index in [2.05, 4.69) is 30.9 Å². The summed E-state index contributed by atoms with van der Waals surface area (Å²) >= 11 is 0. The second-order valence-corrected chi connectivity index (χ2v) is 5.35. The number of amides is 1. The van der Waals surface area contributed by atoms with Crippen LogP contribution < -0.4 is 4.90 Å².